The monoisotopic (exact) mass is 461 g/mol. The molecule has 0 aliphatic carbocycles. The average molecular weight is 461 g/mol. The zero-order valence-corrected chi connectivity index (χ0v) is 18.3. The van der Waals surface area contributed by atoms with Gasteiger partial charge in [-0.05, 0) is 61.9 Å². The number of aromatic nitrogens is 1. The van der Waals surface area contributed by atoms with Crippen LogP contribution in [0.5, 0.6) is 5.88 Å². The smallest absolute Gasteiger partial charge is 0.416 e. The first kappa shape index (κ1) is 22.0. The van der Waals surface area contributed by atoms with Gasteiger partial charge in [-0.15, -0.1) is 0 Å². The highest BCUT2D eigenvalue weighted by Gasteiger charge is 2.35. The number of fused-ring (bicyclic) bond motifs is 1. The second-order valence-electron chi connectivity index (χ2n) is 7.42. The molecule has 0 fully saturated rings. The van der Waals surface area contributed by atoms with Crippen LogP contribution < -0.4 is 14.5 Å². The van der Waals surface area contributed by atoms with E-state index in [0.29, 0.717) is 44.8 Å². The van der Waals surface area contributed by atoms with E-state index >= 15 is 0 Å². The van der Waals surface area contributed by atoms with E-state index in [9.17, 15) is 17.6 Å². The van der Waals surface area contributed by atoms with Crippen LogP contribution in [0, 0.1) is 19.7 Å². The number of anilines is 3. The van der Waals surface area contributed by atoms with Crippen molar-refractivity contribution in [1.82, 2.24) is 4.98 Å². The molecule has 0 unspecified atom stereocenters. The molecule has 0 spiro atoms. The van der Waals surface area contributed by atoms with E-state index in [1.54, 1.807) is 41.8 Å². The van der Waals surface area contributed by atoms with Crippen LogP contribution in [0.15, 0.2) is 48.5 Å². The van der Waals surface area contributed by atoms with Crippen LogP contribution in [-0.4, -0.2) is 23.8 Å². The van der Waals surface area contributed by atoms with E-state index in [1.807, 2.05) is 0 Å². The largest absolute Gasteiger partial charge is 0.481 e. The molecular formula is C23H19F4N3OS. The summed E-state index contributed by atoms with van der Waals surface area (Å²) in [7, 11) is 1.51. The standard InChI is InChI=1S/C23H19F4N3OS/c1-13-10-16(24)5-7-18(13)29-12-30(19-8-9-21(31-3)28-14(19)2)22(32)17-6-4-15(11-20(17)29)23(25,26)27/h4-11H,12H2,1-3H3. The van der Waals surface area contributed by atoms with Gasteiger partial charge in [0.2, 0.25) is 5.88 Å². The molecule has 2 aromatic carbocycles. The van der Waals surface area contributed by atoms with Crippen molar-refractivity contribution in [2.75, 3.05) is 23.6 Å². The number of halogens is 4. The van der Waals surface area contributed by atoms with Crippen LogP contribution in [0.4, 0.5) is 34.6 Å². The van der Waals surface area contributed by atoms with Gasteiger partial charge in [-0.3, -0.25) is 0 Å². The highest BCUT2D eigenvalue weighted by Crippen LogP contribution is 2.41. The van der Waals surface area contributed by atoms with E-state index in [-0.39, 0.29) is 6.67 Å². The minimum Gasteiger partial charge on any atom is -0.481 e. The lowest BCUT2D eigenvalue weighted by Gasteiger charge is -2.41. The first-order chi connectivity index (χ1) is 15.1. The average Bonchev–Trinajstić information content (AvgIpc) is 2.74. The molecule has 3 aromatic rings. The number of hydrogen-bond acceptors (Lipinski definition) is 4. The molecule has 0 amide bonds. The molecule has 0 radical (unpaired) electrons. The fourth-order valence-corrected chi connectivity index (χ4v) is 4.11. The lowest BCUT2D eigenvalue weighted by molar-refractivity contribution is -0.137. The Hall–Kier alpha value is -3.20. The third-order valence-corrected chi connectivity index (χ3v) is 5.80. The Bertz CT molecular complexity index is 1210. The van der Waals surface area contributed by atoms with Crippen LogP contribution in [0.25, 0.3) is 0 Å². The highest BCUT2D eigenvalue weighted by atomic mass is 32.1. The minimum absolute atomic E-state index is 0.133. The molecule has 0 saturated heterocycles. The topological polar surface area (TPSA) is 28.6 Å². The molecule has 32 heavy (non-hydrogen) atoms. The van der Waals surface area contributed by atoms with Crippen molar-refractivity contribution < 1.29 is 22.3 Å². The van der Waals surface area contributed by atoms with E-state index in [0.717, 1.165) is 12.1 Å². The van der Waals surface area contributed by atoms with Crippen molar-refractivity contribution in [3.05, 3.63) is 76.7 Å². The second kappa shape index (κ2) is 8.05. The third kappa shape index (κ3) is 3.88. The summed E-state index contributed by atoms with van der Waals surface area (Å²) >= 11 is 5.68. The van der Waals surface area contributed by atoms with Crippen LogP contribution in [-0.2, 0) is 6.18 Å². The normalized spacial score (nSPS) is 13.9. The molecular weight excluding hydrogens is 442 g/mol. The van der Waals surface area contributed by atoms with Gasteiger partial charge >= 0.3 is 6.18 Å². The van der Waals surface area contributed by atoms with Crippen LogP contribution in [0.1, 0.15) is 22.4 Å². The Balaban J connectivity index is 1.90. The van der Waals surface area contributed by atoms with Gasteiger partial charge < -0.3 is 14.5 Å². The van der Waals surface area contributed by atoms with E-state index < -0.39 is 17.6 Å². The Morgan fingerprint density at radius 3 is 2.28 bits per heavy atom. The van der Waals surface area contributed by atoms with Gasteiger partial charge in [0, 0.05) is 17.3 Å². The van der Waals surface area contributed by atoms with Crippen molar-refractivity contribution in [1.29, 1.82) is 0 Å². The quantitative estimate of drug-likeness (QED) is 0.344. The summed E-state index contributed by atoms with van der Waals surface area (Å²) in [5.41, 5.74) is 2.53. The molecule has 1 aliphatic rings. The second-order valence-corrected chi connectivity index (χ2v) is 7.81. The Kier molecular flexibility index (Phi) is 5.54. The van der Waals surface area contributed by atoms with E-state index in [1.165, 1.54) is 25.3 Å². The number of rotatable bonds is 3. The minimum atomic E-state index is -4.51. The lowest BCUT2D eigenvalue weighted by Crippen LogP contribution is -2.45. The van der Waals surface area contributed by atoms with Gasteiger partial charge in [0.15, 0.2) is 0 Å². The molecule has 1 aliphatic heterocycles. The molecule has 1 aromatic heterocycles. The SMILES string of the molecule is COc1ccc(N2CN(c3ccc(F)cc3C)c3cc(C(F)(F)F)ccc3C2=S)c(C)n1. The first-order valence-corrected chi connectivity index (χ1v) is 10.1. The molecule has 4 nitrogen and oxygen atoms in total. The number of nitrogens with zero attached hydrogens (tertiary/aromatic N) is 3. The Labute approximate surface area is 188 Å². The molecule has 0 bridgehead atoms. The summed E-state index contributed by atoms with van der Waals surface area (Å²) in [6.07, 6.45) is -4.51. The van der Waals surface area contributed by atoms with Crippen molar-refractivity contribution in [3.63, 3.8) is 0 Å². The zero-order valence-electron chi connectivity index (χ0n) is 17.5. The number of ether oxygens (including phenoxy) is 1. The van der Waals surface area contributed by atoms with Crippen LogP contribution >= 0.6 is 12.2 Å². The van der Waals surface area contributed by atoms with Gasteiger partial charge in [-0.2, -0.15) is 13.2 Å². The summed E-state index contributed by atoms with van der Waals surface area (Å²) in [5, 5.41) is 0. The Morgan fingerprint density at radius 1 is 0.938 bits per heavy atom. The summed E-state index contributed by atoms with van der Waals surface area (Å²) in [5.74, 6) is 0.0192. The van der Waals surface area contributed by atoms with E-state index in [2.05, 4.69) is 4.98 Å². The Morgan fingerprint density at radius 2 is 1.66 bits per heavy atom. The predicted octanol–water partition coefficient (Wildman–Crippen LogP) is 6.16. The highest BCUT2D eigenvalue weighted by molar-refractivity contribution is 7.81. The van der Waals surface area contributed by atoms with Gasteiger partial charge in [0.1, 0.15) is 17.5 Å². The maximum Gasteiger partial charge on any atom is 0.416 e. The van der Waals surface area contributed by atoms with Crippen molar-refractivity contribution >= 4 is 34.3 Å². The number of alkyl halides is 3. The van der Waals surface area contributed by atoms with Crippen molar-refractivity contribution in [3.8, 4) is 5.88 Å². The molecule has 166 valence electrons. The van der Waals surface area contributed by atoms with E-state index in [4.69, 9.17) is 17.0 Å². The van der Waals surface area contributed by atoms with Gasteiger partial charge in [-0.25, -0.2) is 9.37 Å². The maximum atomic E-state index is 13.7. The fourth-order valence-electron chi connectivity index (χ4n) is 3.78. The summed E-state index contributed by atoms with van der Waals surface area (Å²) < 4.78 is 59.3. The lowest BCUT2D eigenvalue weighted by atomic mass is 10.0. The van der Waals surface area contributed by atoms with Gasteiger partial charge in [0.05, 0.1) is 29.7 Å². The number of hydrogen-bond donors (Lipinski definition) is 0. The molecule has 0 atom stereocenters. The molecule has 4 rings (SSSR count). The fraction of sp³-hybridized carbons (Fsp3) is 0.217. The van der Waals surface area contributed by atoms with Crippen molar-refractivity contribution in [2.24, 2.45) is 0 Å². The zero-order chi connectivity index (χ0) is 23.2. The molecule has 0 saturated carbocycles. The molecule has 0 N–H and O–H groups in total. The van der Waals surface area contributed by atoms with Crippen molar-refractivity contribution in [2.45, 2.75) is 20.0 Å². The summed E-state index contributed by atoms with van der Waals surface area (Å²) in [6.45, 7) is 3.65. The summed E-state index contributed by atoms with van der Waals surface area (Å²) in [4.78, 5) is 8.27. The first-order valence-electron chi connectivity index (χ1n) is 9.68. The number of aryl methyl sites for hydroxylation is 2. The maximum absolute atomic E-state index is 13.7. The third-order valence-electron chi connectivity index (χ3n) is 5.36. The number of benzene rings is 2. The molecule has 2 heterocycles. The van der Waals surface area contributed by atoms with Gasteiger partial charge in [-0.1, -0.05) is 12.2 Å². The van der Waals surface area contributed by atoms with Gasteiger partial charge in [0.25, 0.3) is 0 Å². The van der Waals surface area contributed by atoms with Crippen LogP contribution in [0.2, 0.25) is 0 Å². The summed E-state index contributed by atoms with van der Waals surface area (Å²) in [6, 6.07) is 11.2. The predicted molar refractivity (Wildman–Crippen MR) is 119 cm³/mol. The van der Waals surface area contributed by atoms with Crippen LogP contribution in [0.3, 0.4) is 0 Å². The number of thiocarbonyl (C=S) groups is 1. The number of methoxy groups -OCH3 is 1. The molecule has 9 heteroatoms. The number of pyridine rings is 1.